The Morgan fingerprint density at radius 2 is 1.73 bits per heavy atom. The molecule has 1 saturated heterocycles. The minimum atomic E-state index is -2.91. The number of nitrogens with zero attached hydrogens (tertiary/aromatic N) is 1. The number of hydrogen-bond donors (Lipinski definition) is 1. The van der Waals surface area contributed by atoms with Gasteiger partial charge >= 0.3 is 0 Å². The molecule has 0 aromatic heterocycles. The molecular weight excluding hydrogens is 396 g/mol. The number of sulfone groups is 1. The number of hydrogen-bond acceptors (Lipinski definition) is 5. The second-order valence-corrected chi connectivity index (χ2v) is 11.4. The Hall–Kier alpha value is -2.05. The fourth-order valence-electron chi connectivity index (χ4n) is 4.77. The highest BCUT2D eigenvalue weighted by molar-refractivity contribution is 7.91. The van der Waals surface area contributed by atoms with Gasteiger partial charge in [0, 0.05) is 42.2 Å². The van der Waals surface area contributed by atoms with Crippen LogP contribution in [0.1, 0.15) is 29.9 Å². The summed E-state index contributed by atoms with van der Waals surface area (Å²) in [7, 11) is -2.91. The molecule has 2 fully saturated rings. The lowest BCUT2D eigenvalue weighted by Crippen LogP contribution is -2.50. The van der Waals surface area contributed by atoms with Crippen LogP contribution in [0.3, 0.4) is 0 Å². The van der Waals surface area contributed by atoms with Crippen molar-refractivity contribution in [2.45, 2.75) is 31.2 Å². The van der Waals surface area contributed by atoms with Crippen molar-refractivity contribution < 1.29 is 13.2 Å². The monoisotopic (exact) mass is 426 g/mol. The predicted molar refractivity (Wildman–Crippen MR) is 120 cm³/mol. The van der Waals surface area contributed by atoms with Crippen LogP contribution in [0, 0.1) is 11.8 Å². The number of fused-ring (bicyclic) bond motifs is 1. The predicted octanol–water partition coefficient (Wildman–Crippen LogP) is 2.99. The van der Waals surface area contributed by atoms with Gasteiger partial charge in [-0.2, -0.15) is 0 Å². The summed E-state index contributed by atoms with van der Waals surface area (Å²) in [4.78, 5) is 2.28. The van der Waals surface area contributed by atoms with Gasteiger partial charge in [-0.1, -0.05) is 30.3 Å². The third-order valence-electron chi connectivity index (χ3n) is 6.64. The number of nitrogens with two attached hydrogens (primary N) is 1. The lowest BCUT2D eigenvalue weighted by molar-refractivity contribution is 0.238. The van der Waals surface area contributed by atoms with E-state index >= 15 is 0 Å². The summed E-state index contributed by atoms with van der Waals surface area (Å²) < 4.78 is 30.5. The van der Waals surface area contributed by atoms with Crippen molar-refractivity contribution >= 4 is 15.5 Å². The quantitative estimate of drug-likeness (QED) is 0.737. The van der Waals surface area contributed by atoms with Crippen molar-refractivity contribution in [1.29, 1.82) is 0 Å². The van der Waals surface area contributed by atoms with E-state index in [1.807, 2.05) is 12.1 Å². The third-order valence-corrected chi connectivity index (χ3v) is 8.60. The number of ether oxygens (including phenoxy) is 1. The zero-order valence-electron chi connectivity index (χ0n) is 17.2. The first-order chi connectivity index (χ1) is 14.5. The molecule has 5 rings (SSSR count). The van der Waals surface area contributed by atoms with Gasteiger partial charge in [0.05, 0.1) is 11.5 Å². The number of benzene rings is 2. The molecule has 2 aromatic carbocycles. The molecule has 2 aromatic rings. The van der Waals surface area contributed by atoms with Crippen LogP contribution in [0.5, 0.6) is 5.75 Å². The maximum atomic E-state index is 12.3. The molecule has 1 saturated carbocycles. The highest BCUT2D eigenvalue weighted by Crippen LogP contribution is 2.39. The third kappa shape index (κ3) is 4.35. The van der Waals surface area contributed by atoms with Gasteiger partial charge in [-0.3, -0.25) is 0 Å². The Morgan fingerprint density at radius 1 is 1.00 bits per heavy atom. The molecule has 0 bridgehead atoms. The Morgan fingerprint density at radius 3 is 2.47 bits per heavy atom. The lowest BCUT2D eigenvalue weighted by atomic mass is 9.84. The van der Waals surface area contributed by atoms with Gasteiger partial charge in [0.1, 0.15) is 12.4 Å². The van der Waals surface area contributed by atoms with Gasteiger partial charge < -0.3 is 15.4 Å². The van der Waals surface area contributed by atoms with Crippen molar-refractivity contribution in [2.75, 3.05) is 36.1 Å². The van der Waals surface area contributed by atoms with E-state index in [0.717, 1.165) is 43.8 Å². The van der Waals surface area contributed by atoms with E-state index in [1.54, 1.807) is 0 Å². The first-order valence-corrected chi connectivity index (χ1v) is 12.8. The topological polar surface area (TPSA) is 72.6 Å². The molecule has 160 valence electrons. The van der Waals surface area contributed by atoms with E-state index in [1.165, 1.54) is 11.1 Å². The second-order valence-electron chi connectivity index (χ2n) is 9.28. The Bertz CT molecular complexity index is 998. The van der Waals surface area contributed by atoms with E-state index in [9.17, 15) is 8.42 Å². The number of anilines is 1. The largest absolute Gasteiger partial charge is 0.492 e. The highest BCUT2D eigenvalue weighted by Gasteiger charge is 2.35. The van der Waals surface area contributed by atoms with Crippen molar-refractivity contribution in [1.82, 2.24) is 0 Å². The lowest BCUT2D eigenvalue weighted by Gasteiger charge is -2.42. The van der Waals surface area contributed by atoms with Gasteiger partial charge in [-0.15, -0.1) is 0 Å². The summed E-state index contributed by atoms with van der Waals surface area (Å²) in [5, 5.41) is 0. The zero-order chi connectivity index (χ0) is 20.7. The molecule has 30 heavy (non-hydrogen) atoms. The molecule has 3 aliphatic rings. The van der Waals surface area contributed by atoms with Crippen molar-refractivity contribution in [3.05, 3.63) is 59.7 Å². The SMILES string of the molecule is NC1COc2ccc(N3CC(CS(=O)(=O)CC4CC4)C3)cc2C1Cc1ccccc1. The van der Waals surface area contributed by atoms with Crippen LogP contribution >= 0.6 is 0 Å². The molecule has 0 amide bonds. The molecule has 1 aliphatic carbocycles. The van der Waals surface area contributed by atoms with E-state index < -0.39 is 9.84 Å². The average molecular weight is 427 g/mol. The average Bonchev–Trinajstić information content (AvgIpc) is 3.50. The van der Waals surface area contributed by atoms with Crippen LogP contribution in [0.15, 0.2) is 48.5 Å². The van der Waals surface area contributed by atoms with Crippen molar-refractivity contribution in [3.8, 4) is 5.75 Å². The van der Waals surface area contributed by atoms with Gasteiger partial charge in [0.25, 0.3) is 0 Å². The molecule has 0 radical (unpaired) electrons. The van der Waals surface area contributed by atoms with Crippen LogP contribution in [0.25, 0.3) is 0 Å². The van der Waals surface area contributed by atoms with E-state index in [4.69, 9.17) is 10.5 Å². The zero-order valence-corrected chi connectivity index (χ0v) is 18.1. The van der Waals surface area contributed by atoms with Crippen molar-refractivity contribution in [3.63, 3.8) is 0 Å². The fourth-order valence-corrected chi connectivity index (χ4v) is 6.89. The van der Waals surface area contributed by atoms with Gasteiger partial charge in [0.2, 0.25) is 0 Å². The Labute approximate surface area is 179 Å². The molecule has 2 atom stereocenters. The molecule has 2 N–H and O–H groups in total. The Kier molecular flexibility index (Phi) is 5.23. The summed E-state index contributed by atoms with van der Waals surface area (Å²) in [6.07, 6.45) is 3.06. The molecule has 6 heteroatoms. The second kappa shape index (κ2) is 7.89. The van der Waals surface area contributed by atoms with Crippen LogP contribution in [0.4, 0.5) is 5.69 Å². The van der Waals surface area contributed by atoms with Gasteiger partial charge in [-0.25, -0.2) is 8.42 Å². The summed E-state index contributed by atoms with van der Waals surface area (Å²) in [6.45, 7) is 2.15. The first kappa shape index (κ1) is 19.9. The minimum Gasteiger partial charge on any atom is -0.492 e. The molecule has 2 unspecified atom stereocenters. The van der Waals surface area contributed by atoms with Gasteiger partial charge in [-0.05, 0) is 48.9 Å². The molecule has 2 aliphatic heterocycles. The van der Waals surface area contributed by atoms with Crippen LogP contribution in [-0.2, 0) is 16.3 Å². The summed E-state index contributed by atoms with van der Waals surface area (Å²) >= 11 is 0. The van der Waals surface area contributed by atoms with Crippen LogP contribution in [0.2, 0.25) is 0 Å². The normalized spacial score (nSPS) is 24.1. The summed E-state index contributed by atoms with van der Waals surface area (Å²) in [6, 6.07) is 16.8. The maximum absolute atomic E-state index is 12.3. The highest BCUT2D eigenvalue weighted by atomic mass is 32.2. The van der Waals surface area contributed by atoms with E-state index in [2.05, 4.69) is 41.3 Å². The molecule has 5 nitrogen and oxygen atoms in total. The first-order valence-electron chi connectivity index (χ1n) is 11.0. The smallest absolute Gasteiger partial charge is 0.150 e. The molecule has 0 spiro atoms. The van der Waals surface area contributed by atoms with Crippen LogP contribution < -0.4 is 15.4 Å². The van der Waals surface area contributed by atoms with E-state index in [-0.39, 0.29) is 17.9 Å². The van der Waals surface area contributed by atoms with Crippen LogP contribution in [-0.4, -0.2) is 45.7 Å². The standard InChI is InChI=1S/C24H30N2O3S/c25-23-14-29-24-9-8-20(11-22(24)21(23)10-17-4-2-1-3-5-17)26-12-19(13-26)16-30(27,28)15-18-6-7-18/h1-5,8-9,11,18-19,21,23H,6-7,10,12-16,25H2. The fraction of sp³-hybridized carbons (Fsp3) is 0.500. The van der Waals surface area contributed by atoms with Crippen molar-refractivity contribution in [2.24, 2.45) is 17.6 Å². The van der Waals surface area contributed by atoms with E-state index in [0.29, 0.717) is 24.0 Å². The molecular formula is C24H30N2O3S. The maximum Gasteiger partial charge on any atom is 0.150 e. The minimum absolute atomic E-state index is 0.0373. The Balaban J connectivity index is 1.28. The molecule has 2 heterocycles. The van der Waals surface area contributed by atoms with Gasteiger partial charge in [0.15, 0.2) is 9.84 Å². The summed E-state index contributed by atoms with van der Waals surface area (Å²) in [5.41, 5.74) is 10.0. The number of rotatable bonds is 7. The summed E-state index contributed by atoms with van der Waals surface area (Å²) in [5.74, 6) is 2.52.